The third-order valence-electron chi connectivity index (χ3n) is 6.95. The molecule has 3 nitrogen and oxygen atoms in total. The van der Waals surface area contributed by atoms with E-state index in [0.29, 0.717) is 6.04 Å². The molecule has 1 aromatic carbocycles. The molecule has 1 saturated heterocycles. The lowest BCUT2D eigenvalue weighted by molar-refractivity contribution is -0.137. The first-order valence-electron chi connectivity index (χ1n) is 11.7. The maximum atomic E-state index is 13.7. The molecule has 0 amide bonds. The molecule has 2 atom stereocenters. The average Bonchev–Trinajstić information content (AvgIpc) is 3.43. The zero-order valence-electron chi connectivity index (χ0n) is 18.7. The van der Waals surface area contributed by atoms with Crippen LogP contribution in [0.5, 0.6) is 0 Å². The van der Waals surface area contributed by atoms with Crippen LogP contribution in [0.15, 0.2) is 67.3 Å². The summed E-state index contributed by atoms with van der Waals surface area (Å²) in [6.45, 7) is 4.39. The zero-order valence-corrected chi connectivity index (χ0v) is 18.7. The molecule has 0 aliphatic carbocycles. The van der Waals surface area contributed by atoms with Crippen molar-refractivity contribution in [2.45, 2.75) is 44.8 Å². The van der Waals surface area contributed by atoms with E-state index in [0.717, 1.165) is 48.2 Å². The third-order valence-corrected chi connectivity index (χ3v) is 6.95. The lowest BCUT2D eigenvalue weighted by Crippen LogP contribution is -2.32. The minimum Gasteiger partial charge on any atom is -0.322 e. The number of halogens is 3. The van der Waals surface area contributed by atoms with E-state index < -0.39 is 11.7 Å². The molecule has 2 aromatic heterocycles. The van der Waals surface area contributed by atoms with Gasteiger partial charge in [-0.05, 0) is 60.6 Å². The summed E-state index contributed by atoms with van der Waals surface area (Å²) < 4.78 is 42.8. The number of nitrogens with zero attached hydrogens (tertiary/aromatic N) is 3. The van der Waals surface area contributed by atoms with Crippen LogP contribution in [-0.2, 0) is 6.18 Å². The summed E-state index contributed by atoms with van der Waals surface area (Å²) in [5.41, 5.74) is 3.66. The Morgan fingerprint density at radius 2 is 1.79 bits per heavy atom. The van der Waals surface area contributed by atoms with E-state index in [4.69, 9.17) is 0 Å². The predicted molar refractivity (Wildman–Crippen MR) is 125 cm³/mol. The van der Waals surface area contributed by atoms with Crippen molar-refractivity contribution in [1.82, 2.24) is 14.5 Å². The minimum atomic E-state index is -4.42. The van der Waals surface area contributed by atoms with E-state index in [1.807, 2.05) is 24.5 Å². The summed E-state index contributed by atoms with van der Waals surface area (Å²) >= 11 is 0. The van der Waals surface area contributed by atoms with Gasteiger partial charge in [-0.1, -0.05) is 31.6 Å². The minimum absolute atomic E-state index is 0.147. The number of pyridine rings is 1. The van der Waals surface area contributed by atoms with Crippen molar-refractivity contribution in [3.8, 4) is 16.8 Å². The van der Waals surface area contributed by atoms with Gasteiger partial charge in [0.2, 0.25) is 0 Å². The summed E-state index contributed by atoms with van der Waals surface area (Å²) in [7, 11) is 0. The van der Waals surface area contributed by atoms with Crippen LogP contribution in [-0.4, -0.2) is 33.6 Å². The molecule has 0 N–H and O–H groups in total. The Morgan fingerprint density at radius 1 is 1.03 bits per heavy atom. The van der Waals surface area contributed by atoms with Gasteiger partial charge in [0.15, 0.2) is 0 Å². The molecule has 5 rings (SSSR count). The topological polar surface area (TPSA) is 21.1 Å². The van der Waals surface area contributed by atoms with Gasteiger partial charge >= 0.3 is 6.18 Å². The van der Waals surface area contributed by atoms with E-state index in [-0.39, 0.29) is 5.69 Å². The SMILES string of the molecule is CCCC1CC2C=C(c3cn(-c4ccccc4C(F)(F)F)cc3-c3ccncc3)CCN2C1. The molecule has 2 unspecified atom stereocenters. The van der Waals surface area contributed by atoms with Gasteiger partial charge in [0.25, 0.3) is 0 Å². The third kappa shape index (κ3) is 4.36. The highest BCUT2D eigenvalue weighted by Crippen LogP contribution is 2.40. The molecule has 1 fully saturated rings. The van der Waals surface area contributed by atoms with Crippen molar-refractivity contribution in [2.75, 3.05) is 13.1 Å². The van der Waals surface area contributed by atoms with Crippen LogP contribution < -0.4 is 0 Å². The fourth-order valence-electron chi connectivity index (χ4n) is 5.43. The Morgan fingerprint density at radius 3 is 2.55 bits per heavy atom. The van der Waals surface area contributed by atoms with Crippen molar-refractivity contribution in [2.24, 2.45) is 5.92 Å². The van der Waals surface area contributed by atoms with E-state index in [1.54, 1.807) is 23.0 Å². The second kappa shape index (κ2) is 8.82. The molecule has 6 heteroatoms. The Labute approximate surface area is 192 Å². The summed E-state index contributed by atoms with van der Waals surface area (Å²) in [5.74, 6) is 0.735. The maximum absolute atomic E-state index is 13.7. The number of rotatable bonds is 5. The first kappa shape index (κ1) is 22.0. The smallest absolute Gasteiger partial charge is 0.322 e. The van der Waals surface area contributed by atoms with Crippen LogP contribution in [0.3, 0.4) is 0 Å². The van der Waals surface area contributed by atoms with Crippen LogP contribution in [0, 0.1) is 5.92 Å². The zero-order chi connectivity index (χ0) is 23.0. The number of hydrogen-bond donors (Lipinski definition) is 0. The highest BCUT2D eigenvalue weighted by atomic mass is 19.4. The van der Waals surface area contributed by atoms with Crippen LogP contribution in [0.2, 0.25) is 0 Å². The van der Waals surface area contributed by atoms with E-state index in [2.05, 4.69) is 22.9 Å². The predicted octanol–water partition coefficient (Wildman–Crippen LogP) is 6.84. The Bertz CT molecular complexity index is 1150. The van der Waals surface area contributed by atoms with E-state index in [1.165, 1.54) is 37.0 Å². The van der Waals surface area contributed by atoms with Crippen molar-refractivity contribution in [3.63, 3.8) is 0 Å². The maximum Gasteiger partial charge on any atom is 0.418 e. The molecule has 33 heavy (non-hydrogen) atoms. The Kier molecular flexibility index (Phi) is 5.87. The molecule has 2 aliphatic rings. The van der Waals surface area contributed by atoms with Gasteiger partial charge in [-0.15, -0.1) is 0 Å². The summed E-state index contributed by atoms with van der Waals surface area (Å²) in [6, 6.07) is 10.0. The highest BCUT2D eigenvalue weighted by Gasteiger charge is 2.35. The number of fused-ring (bicyclic) bond motifs is 1. The van der Waals surface area contributed by atoms with Crippen LogP contribution in [0.4, 0.5) is 13.2 Å². The van der Waals surface area contributed by atoms with Gasteiger partial charge in [0.05, 0.1) is 11.3 Å². The Balaban J connectivity index is 1.59. The number of hydrogen-bond acceptors (Lipinski definition) is 2. The van der Waals surface area contributed by atoms with E-state index in [9.17, 15) is 13.2 Å². The average molecular weight is 452 g/mol. The van der Waals surface area contributed by atoms with Gasteiger partial charge in [-0.25, -0.2) is 0 Å². The monoisotopic (exact) mass is 451 g/mol. The molecule has 0 radical (unpaired) electrons. The highest BCUT2D eigenvalue weighted by molar-refractivity contribution is 5.82. The second-order valence-electron chi connectivity index (χ2n) is 9.14. The molecule has 2 aliphatic heterocycles. The van der Waals surface area contributed by atoms with Crippen molar-refractivity contribution in [3.05, 3.63) is 78.4 Å². The van der Waals surface area contributed by atoms with Gasteiger partial charge in [0, 0.05) is 55.0 Å². The lowest BCUT2D eigenvalue weighted by atomic mass is 9.92. The molecule has 0 bridgehead atoms. The molecular weight excluding hydrogens is 423 g/mol. The fraction of sp³-hybridized carbons (Fsp3) is 0.370. The summed E-state index contributed by atoms with van der Waals surface area (Å²) in [5, 5.41) is 0. The normalized spacial score (nSPS) is 21.2. The van der Waals surface area contributed by atoms with Gasteiger partial charge < -0.3 is 4.57 Å². The molecule has 4 heterocycles. The van der Waals surface area contributed by atoms with Crippen LogP contribution in [0.25, 0.3) is 22.4 Å². The van der Waals surface area contributed by atoms with Crippen molar-refractivity contribution >= 4 is 5.57 Å². The van der Waals surface area contributed by atoms with Crippen molar-refractivity contribution < 1.29 is 13.2 Å². The summed E-state index contributed by atoms with van der Waals surface area (Å²) in [6.07, 6.45) is 9.63. The summed E-state index contributed by atoms with van der Waals surface area (Å²) in [4.78, 5) is 6.68. The first-order chi connectivity index (χ1) is 15.9. The Hall–Kier alpha value is -2.86. The fourth-order valence-corrected chi connectivity index (χ4v) is 5.43. The van der Waals surface area contributed by atoms with Crippen LogP contribution >= 0.6 is 0 Å². The van der Waals surface area contributed by atoms with Gasteiger partial charge in [0.1, 0.15) is 0 Å². The number of alkyl halides is 3. The largest absolute Gasteiger partial charge is 0.418 e. The standard InChI is InChI=1S/C27H28F3N3/c1-2-5-19-14-22-15-21(10-13-32(22)16-19)24-18-33(17-23(24)20-8-11-31-12-9-20)26-7-4-3-6-25(26)27(28,29)30/h3-4,6-9,11-12,15,17-19,22H,2,5,10,13-14,16H2,1H3. The molecule has 0 spiro atoms. The van der Waals surface area contributed by atoms with Gasteiger partial charge in [-0.2, -0.15) is 13.2 Å². The van der Waals surface area contributed by atoms with Gasteiger partial charge in [-0.3, -0.25) is 9.88 Å². The molecular formula is C27H28F3N3. The second-order valence-corrected chi connectivity index (χ2v) is 9.14. The van der Waals surface area contributed by atoms with E-state index >= 15 is 0 Å². The molecule has 0 saturated carbocycles. The quantitative estimate of drug-likeness (QED) is 0.424. The van der Waals surface area contributed by atoms with Crippen molar-refractivity contribution in [1.29, 1.82) is 0 Å². The lowest BCUT2D eigenvalue weighted by Gasteiger charge is -2.28. The first-order valence-corrected chi connectivity index (χ1v) is 11.7. The number of aromatic nitrogens is 2. The van der Waals surface area contributed by atoms with Crippen LogP contribution in [0.1, 0.15) is 43.7 Å². The molecule has 3 aromatic rings. The molecule has 172 valence electrons. The number of para-hydroxylation sites is 1. The number of benzene rings is 1.